The Kier molecular flexibility index (Phi) is 5.71. The maximum absolute atomic E-state index is 13.4. The fourth-order valence-electron chi connectivity index (χ4n) is 1.75. The number of halogens is 1. The zero-order valence-corrected chi connectivity index (χ0v) is 13.2. The van der Waals surface area contributed by atoms with Crippen LogP contribution in [0.4, 0.5) is 9.18 Å². The van der Waals surface area contributed by atoms with Gasteiger partial charge in [0.15, 0.2) is 11.6 Å². The lowest BCUT2D eigenvalue weighted by Gasteiger charge is -2.16. The lowest BCUT2D eigenvalue weighted by molar-refractivity contribution is 0.201. The first-order valence-corrected chi connectivity index (χ1v) is 7.70. The second-order valence-electron chi connectivity index (χ2n) is 4.77. The van der Waals surface area contributed by atoms with Crippen molar-refractivity contribution >= 4 is 17.4 Å². The molecule has 5 nitrogen and oxygen atoms in total. The molecule has 0 fully saturated rings. The summed E-state index contributed by atoms with van der Waals surface area (Å²) in [6.07, 6.45) is 1.40. The third-order valence-electron chi connectivity index (χ3n) is 2.81. The highest BCUT2D eigenvalue weighted by atomic mass is 32.1. The number of amides is 2. The predicted octanol–water partition coefficient (Wildman–Crippen LogP) is 2.86. The largest absolute Gasteiger partial charge is 0.486 e. The highest BCUT2D eigenvalue weighted by molar-refractivity contribution is 7.11. The summed E-state index contributed by atoms with van der Waals surface area (Å²) in [5, 5.41) is 6.38. The van der Waals surface area contributed by atoms with Crippen molar-refractivity contribution in [1.29, 1.82) is 0 Å². The second-order valence-corrected chi connectivity index (χ2v) is 6.09. The minimum Gasteiger partial charge on any atom is -0.486 e. The molecule has 0 aliphatic carbocycles. The van der Waals surface area contributed by atoms with Crippen molar-refractivity contribution in [3.8, 4) is 5.75 Å². The van der Waals surface area contributed by atoms with Crippen LogP contribution in [0.5, 0.6) is 5.75 Å². The van der Waals surface area contributed by atoms with Crippen molar-refractivity contribution in [2.24, 2.45) is 0 Å². The first-order valence-electron chi connectivity index (χ1n) is 6.89. The lowest BCUT2D eigenvalue weighted by Crippen LogP contribution is -2.40. The number of aromatic nitrogens is 1. The van der Waals surface area contributed by atoms with E-state index in [0.29, 0.717) is 6.54 Å². The Bertz CT molecular complexity index is 633. The number of hydrogen-bond donors (Lipinski definition) is 2. The van der Waals surface area contributed by atoms with Gasteiger partial charge in [-0.05, 0) is 26.0 Å². The van der Waals surface area contributed by atoms with Crippen molar-refractivity contribution < 1.29 is 13.9 Å². The highest BCUT2D eigenvalue weighted by Crippen LogP contribution is 2.16. The maximum Gasteiger partial charge on any atom is 0.315 e. The average molecular weight is 323 g/mol. The monoisotopic (exact) mass is 323 g/mol. The molecule has 22 heavy (non-hydrogen) atoms. The Labute approximate surface area is 132 Å². The van der Waals surface area contributed by atoms with Gasteiger partial charge in [0.25, 0.3) is 0 Å². The number of thiazole rings is 1. The van der Waals surface area contributed by atoms with Gasteiger partial charge in [0.05, 0.1) is 18.1 Å². The number of carbonyl (C=O) groups excluding carboxylic acids is 1. The van der Waals surface area contributed by atoms with Crippen LogP contribution in [0.25, 0.3) is 0 Å². The van der Waals surface area contributed by atoms with E-state index in [1.807, 2.05) is 6.92 Å². The topological polar surface area (TPSA) is 63.2 Å². The molecule has 1 aromatic heterocycles. The fraction of sp³-hybridized carbons (Fsp3) is 0.333. The van der Waals surface area contributed by atoms with Crippen molar-refractivity contribution in [3.63, 3.8) is 0 Å². The van der Waals surface area contributed by atoms with Crippen molar-refractivity contribution in [2.45, 2.75) is 26.5 Å². The molecule has 7 heteroatoms. The standard InChI is InChI=1S/C15H18FN3O2S/c1-10(21-14-6-4-3-5-13(14)16)7-18-15(20)19-9-12-8-17-11(2)22-12/h3-6,8,10H,7,9H2,1-2H3,(H2,18,19,20). The molecular weight excluding hydrogens is 305 g/mol. The number of benzene rings is 1. The number of aryl methyl sites for hydroxylation is 1. The van der Waals surface area contributed by atoms with Crippen molar-refractivity contribution in [3.05, 3.63) is 46.2 Å². The third-order valence-corrected chi connectivity index (χ3v) is 3.72. The van der Waals surface area contributed by atoms with E-state index in [4.69, 9.17) is 4.74 Å². The lowest BCUT2D eigenvalue weighted by atomic mass is 10.3. The molecule has 1 aromatic carbocycles. The van der Waals surface area contributed by atoms with E-state index in [2.05, 4.69) is 15.6 Å². The number of nitrogens with one attached hydrogen (secondary N) is 2. The number of rotatable bonds is 6. The molecule has 0 aliphatic heterocycles. The van der Waals surface area contributed by atoms with Gasteiger partial charge in [-0.3, -0.25) is 0 Å². The van der Waals surface area contributed by atoms with E-state index in [9.17, 15) is 9.18 Å². The molecule has 2 amide bonds. The molecule has 2 rings (SSSR count). The van der Waals surface area contributed by atoms with E-state index in [1.54, 1.807) is 31.3 Å². The summed E-state index contributed by atoms with van der Waals surface area (Å²) in [5.41, 5.74) is 0. The molecule has 0 bridgehead atoms. The quantitative estimate of drug-likeness (QED) is 0.859. The van der Waals surface area contributed by atoms with Crippen molar-refractivity contribution in [2.75, 3.05) is 6.54 Å². The zero-order valence-electron chi connectivity index (χ0n) is 12.4. The summed E-state index contributed by atoms with van der Waals surface area (Å²) in [5.74, 6) is -0.239. The van der Waals surface area contributed by atoms with Gasteiger partial charge in [-0.15, -0.1) is 11.3 Å². The van der Waals surface area contributed by atoms with Crippen molar-refractivity contribution in [1.82, 2.24) is 15.6 Å². The van der Waals surface area contributed by atoms with Gasteiger partial charge in [0.2, 0.25) is 0 Å². The third kappa shape index (κ3) is 5.00. The molecule has 0 spiro atoms. The van der Waals surface area contributed by atoms with Gasteiger partial charge < -0.3 is 15.4 Å². The van der Waals surface area contributed by atoms with Gasteiger partial charge >= 0.3 is 6.03 Å². The van der Waals surface area contributed by atoms with E-state index < -0.39 is 5.82 Å². The SMILES string of the molecule is Cc1ncc(CNC(=O)NCC(C)Oc2ccccc2F)s1. The number of hydrogen-bond acceptors (Lipinski definition) is 4. The zero-order chi connectivity index (χ0) is 15.9. The molecule has 0 radical (unpaired) electrons. The Hall–Kier alpha value is -2.15. The van der Waals surface area contributed by atoms with E-state index in [-0.39, 0.29) is 24.4 Å². The van der Waals surface area contributed by atoms with Crippen LogP contribution in [0.1, 0.15) is 16.8 Å². The smallest absolute Gasteiger partial charge is 0.315 e. The molecule has 1 heterocycles. The Morgan fingerprint density at radius 1 is 1.41 bits per heavy atom. The highest BCUT2D eigenvalue weighted by Gasteiger charge is 2.09. The molecule has 1 atom stereocenters. The summed E-state index contributed by atoms with van der Waals surface area (Å²) < 4.78 is 18.9. The number of carbonyl (C=O) groups is 1. The Morgan fingerprint density at radius 3 is 2.86 bits per heavy atom. The van der Waals surface area contributed by atoms with Crippen LogP contribution < -0.4 is 15.4 Å². The van der Waals surface area contributed by atoms with Crippen LogP contribution in [-0.4, -0.2) is 23.7 Å². The molecule has 0 saturated heterocycles. The molecule has 2 N–H and O–H groups in total. The van der Waals surface area contributed by atoms with Gasteiger partial charge in [-0.2, -0.15) is 0 Å². The normalized spacial score (nSPS) is 11.8. The second kappa shape index (κ2) is 7.74. The van der Waals surface area contributed by atoms with Gasteiger partial charge in [0, 0.05) is 11.1 Å². The van der Waals surface area contributed by atoms with Crippen LogP contribution in [-0.2, 0) is 6.54 Å². The summed E-state index contributed by atoms with van der Waals surface area (Å²) >= 11 is 1.54. The van der Waals surface area contributed by atoms with Gasteiger partial charge in [-0.25, -0.2) is 14.2 Å². The Morgan fingerprint density at radius 2 is 2.18 bits per heavy atom. The molecule has 1 unspecified atom stereocenters. The predicted molar refractivity (Wildman–Crippen MR) is 83.6 cm³/mol. The number of nitrogens with zero attached hydrogens (tertiary/aromatic N) is 1. The Balaban J connectivity index is 1.70. The first-order chi connectivity index (χ1) is 10.5. The van der Waals surface area contributed by atoms with Crippen LogP contribution >= 0.6 is 11.3 Å². The van der Waals surface area contributed by atoms with Gasteiger partial charge in [0.1, 0.15) is 6.10 Å². The fourth-order valence-corrected chi connectivity index (χ4v) is 2.49. The van der Waals surface area contributed by atoms with E-state index in [1.165, 1.54) is 17.4 Å². The summed E-state index contributed by atoms with van der Waals surface area (Å²) in [4.78, 5) is 16.8. The minimum atomic E-state index is -0.417. The summed E-state index contributed by atoms with van der Waals surface area (Å²) in [7, 11) is 0. The average Bonchev–Trinajstić information content (AvgIpc) is 2.91. The van der Waals surface area contributed by atoms with Crippen LogP contribution in [0, 0.1) is 12.7 Å². The molecule has 0 aliphatic rings. The van der Waals surface area contributed by atoms with Crippen LogP contribution in [0.2, 0.25) is 0 Å². The van der Waals surface area contributed by atoms with Gasteiger partial charge in [-0.1, -0.05) is 12.1 Å². The molecule has 118 valence electrons. The molecule has 0 saturated carbocycles. The summed E-state index contributed by atoms with van der Waals surface area (Å²) in [6.45, 7) is 4.39. The number of urea groups is 1. The number of ether oxygens (including phenoxy) is 1. The first kappa shape index (κ1) is 16.2. The van der Waals surface area contributed by atoms with E-state index >= 15 is 0 Å². The van der Waals surface area contributed by atoms with E-state index in [0.717, 1.165) is 9.88 Å². The maximum atomic E-state index is 13.4. The minimum absolute atomic E-state index is 0.178. The number of para-hydroxylation sites is 1. The molecular formula is C15H18FN3O2S. The van der Waals surface area contributed by atoms with Crippen LogP contribution in [0.3, 0.4) is 0 Å². The molecule has 2 aromatic rings. The van der Waals surface area contributed by atoms with Crippen LogP contribution in [0.15, 0.2) is 30.5 Å². The summed E-state index contributed by atoms with van der Waals surface area (Å²) in [6, 6.07) is 5.88.